The Labute approximate surface area is 126 Å². The van der Waals surface area contributed by atoms with Gasteiger partial charge in [-0.15, -0.1) is 13.2 Å². The second-order valence-electron chi connectivity index (χ2n) is 3.60. The highest BCUT2D eigenvalue weighted by Crippen LogP contribution is 2.30. The number of nitrogens with zero attached hydrogens (tertiary/aromatic N) is 1. The Hall–Kier alpha value is -1.10. The highest BCUT2D eigenvalue weighted by molar-refractivity contribution is 14.1. The van der Waals surface area contributed by atoms with Gasteiger partial charge in [-0.1, -0.05) is 0 Å². The standard InChI is InChI=1S/C11H12F3IN2O3/c1-2-19-9(18)3-7-10(15)6(4-16)8(5-17-7)20-11(12,13)14/h5H,2-4,16H2,1H3. The Morgan fingerprint density at radius 3 is 2.65 bits per heavy atom. The molecule has 0 aromatic carbocycles. The van der Waals surface area contributed by atoms with Crippen LogP contribution in [0.2, 0.25) is 0 Å². The molecule has 0 spiro atoms. The molecule has 5 nitrogen and oxygen atoms in total. The van der Waals surface area contributed by atoms with Crippen molar-refractivity contribution in [1.82, 2.24) is 4.98 Å². The third kappa shape index (κ3) is 4.78. The summed E-state index contributed by atoms with van der Waals surface area (Å²) in [6.45, 7) is 1.71. The molecular formula is C11H12F3IN2O3. The van der Waals surface area contributed by atoms with Crippen molar-refractivity contribution >= 4 is 28.6 Å². The molecule has 0 bridgehead atoms. The molecule has 0 fully saturated rings. The van der Waals surface area contributed by atoms with Crippen molar-refractivity contribution in [3.05, 3.63) is 21.0 Å². The first kappa shape index (κ1) is 17.0. The summed E-state index contributed by atoms with van der Waals surface area (Å²) < 4.78 is 45.7. The summed E-state index contributed by atoms with van der Waals surface area (Å²) in [7, 11) is 0. The number of ether oxygens (including phenoxy) is 2. The molecule has 1 aromatic rings. The number of rotatable bonds is 5. The van der Waals surface area contributed by atoms with Crippen LogP contribution >= 0.6 is 22.6 Å². The number of pyridine rings is 1. The minimum absolute atomic E-state index is 0.134. The maximum absolute atomic E-state index is 12.2. The highest BCUT2D eigenvalue weighted by atomic mass is 127. The van der Waals surface area contributed by atoms with Gasteiger partial charge in [-0.2, -0.15) is 0 Å². The predicted octanol–water partition coefficient (Wildman–Crippen LogP) is 2.15. The summed E-state index contributed by atoms with van der Waals surface area (Å²) in [5.74, 6) is -0.970. The summed E-state index contributed by atoms with van der Waals surface area (Å²) >= 11 is 1.78. The first-order chi connectivity index (χ1) is 9.28. The van der Waals surface area contributed by atoms with Gasteiger partial charge in [0.25, 0.3) is 0 Å². The van der Waals surface area contributed by atoms with E-state index in [4.69, 9.17) is 10.5 Å². The number of hydrogen-bond donors (Lipinski definition) is 1. The molecule has 0 unspecified atom stereocenters. The van der Waals surface area contributed by atoms with Crippen LogP contribution in [0.3, 0.4) is 0 Å². The Bertz CT molecular complexity index is 495. The van der Waals surface area contributed by atoms with Crippen LogP contribution in [0.4, 0.5) is 13.2 Å². The van der Waals surface area contributed by atoms with Crippen molar-refractivity contribution in [2.45, 2.75) is 26.3 Å². The number of halogens is 4. The summed E-state index contributed by atoms with van der Waals surface area (Å²) in [6, 6.07) is 0. The van der Waals surface area contributed by atoms with Crippen molar-refractivity contribution in [3.63, 3.8) is 0 Å². The SMILES string of the molecule is CCOC(=O)Cc1ncc(OC(F)(F)F)c(CN)c1I. The fourth-order valence-electron chi connectivity index (χ4n) is 1.43. The van der Waals surface area contributed by atoms with Crippen molar-refractivity contribution in [2.75, 3.05) is 6.61 Å². The molecule has 2 N–H and O–H groups in total. The Balaban J connectivity index is 3.05. The molecule has 20 heavy (non-hydrogen) atoms. The van der Waals surface area contributed by atoms with Crippen molar-refractivity contribution in [1.29, 1.82) is 0 Å². The van der Waals surface area contributed by atoms with E-state index in [9.17, 15) is 18.0 Å². The molecule has 0 radical (unpaired) electrons. The van der Waals surface area contributed by atoms with Gasteiger partial charge in [0.2, 0.25) is 0 Å². The zero-order chi connectivity index (χ0) is 15.3. The Morgan fingerprint density at radius 1 is 1.50 bits per heavy atom. The number of nitrogens with two attached hydrogens (primary N) is 1. The summed E-state index contributed by atoms with van der Waals surface area (Å²) in [5, 5.41) is 0. The lowest BCUT2D eigenvalue weighted by atomic mass is 10.2. The third-order valence-electron chi connectivity index (χ3n) is 2.20. The molecule has 0 saturated heterocycles. The number of hydrogen-bond acceptors (Lipinski definition) is 5. The van der Waals surface area contributed by atoms with Gasteiger partial charge in [0.1, 0.15) is 0 Å². The van der Waals surface area contributed by atoms with Crippen LogP contribution in [0.1, 0.15) is 18.2 Å². The predicted molar refractivity (Wildman–Crippen MR) is 71.9 cm³/mol. The van der Waals surface area contributed by atoms with Crippen molar-refractivity contribution in [2.24, 2.45) is 5.73 Å². The van der Waals surface area contributed by atoms with E-state index in [-0.39, 0.29) is 25.1 Å². The van der Waals surface area contributed by atoms with Crippen LogP contribution < -0.4 is 10.5 Å². The lowest BCUT2D eigenvalue weighted by molar-refractivity contribution is -0.275. The molecule has 0 aliphatic heterocycles. The first-order valence-corrected chi connectivity index (χ1v) is 6.64. The largest absolute Gasteiger partial charge is 0.573 e. The molecule has 0 aliphatic carbocycles. The molecule has 112 valence electrons. The molecule has 0 saturated carbocycles. The lowest BCUT2D eigenvalue weighted by Crippen LogP contribution is -2.20. The summed E-state index contributed by atoms with van der Waals surface area (Å²) in [4.78, 5) is 15.2. The molecular weight excluding hydrogens is 392 g/mol. The monoisotopic (exact) mass is 404 g/mol. The van der Waals surface area contributed by atoms with Crippen LogP contribution in [0.25, 0.3) is 0 Å². The minimum Gasteiger partial charge on any atom is -0.466 e. The fraction of sp³-hybridized carbons (Fsp3) is 0.455. The lowest BCUT2D eigenvalue weighted by Gasteiger charge is -2.15. The van der Waals surface area contributed by atoms with Crippen molar-refractivity contribution in [3.8, 4) is 5.75 Å². The Morgan fingerprint density at radius 2 is 2.15 bits per heavy atom. The van der Waals surface area contributed by atoms with Gasteiger partial charge in [-0.3, -0.25) is 9.78 Å². The maximum Gasteiger partial charge on any atom is 0.573 e. The second kappa shape index (κ2) is 7.07. The average Bonchev–Trinajstić information content (AvgIpc) is 2.31. The number of esters is 1. The summed E-state index contributed by atoms with van der Waals surface area (Å²) in [6.07, 6.45) is -4.05. The molecule has 1 heterocycles. The first-order valence-electron chi connectivity index (χ1n) is 5.56. The number of alkyl halides is 3. The molecule has 1 aromatic heterocycles. The maximum atomic E-state index is 12.2. The van der Waals surface area contributed by atoms with Crippen LogP contribution in [-0.4, -0.2) is 23.9 Å². The number of carbonyl (C=O) groups is 1. The molecule has 9 heteroatoms. The van der Waals surface area contributed by atoms with E-state index in [0.717, 1.165) is 6.20 Å². The molecule has 0 aliphatic rings. The average molecular weight is 404 g/mol. The molecule has 0 atom stereocenters. The second-order valence-corrected chi connectivity index (χ2v) is 4.67. The number of carbonyl (C=O) groups excluding carboxylic acids is 1. The summed E-state index contributed by atoms with van der Waals surface area (Å²) in [5.41, 5.74) is 5.89. The van der Waals surface area contributed by atoms with E-state index in [2.05, 4.69) is 9.72 Å². The van der Waals surface area contributed by atoms with Gasteiger partial charge >= 0.3 is 12.3 Å². The topological polar surface area (TPSA) is 74.4 Å². The zero-order valence-electron chi connectivity index (χ0n) is 10.5. The van der Waals surface area contributed by atoms with Gasteiger partial charge in [0.05, 0.1) is 24.9 Å². The van der Waals surface area contributed by atoms with E-state index < -0.39 is 18.1 Å². The number of aromatic nitrogens is 1. The van der Waals surface area contributed by atoms with Crippen LogP contribution in [0, 0.1) is 3.57 Å². The van der Waals surface area contributed by atoms with E-state index in [1.54, 1.807) is 29.5 Å². The smallest absolute Gasteiger partial charge is 0.466 e. The minimum atomic E-state index is -4.82. The van der Waals surface area contributed by atoms with E-state index in [0.29, 0.717) is 9.26 Å². The fourth-order valence-corrected chi connectivity index (χ4v) is 2.24. The van der Waals surface area contributed by atoms with Gasteiger partial charge in [0, 0.05) is 15.7 Å². The molecule has 1 rings (SSSR count). The van der Waals surface area contributed by atoms with Crippen molar-refractivity contribution < 1.29 is 27.4 Å². The quantitative estimate of drug-likeness (QED) is 0.602. The van der Waals surface area contributed by atoms with Gasteiger partial charge in [-0.25, -0.2) is 0 Å². The van der Waals surface area contributed by atoms with Crippen LogP contribution in [0.5, 0.6) is 5.75 Å². The van der Waals surface area contributed by atoms with E-state index in [1.807, 2.05) is 0 Å². The van der Waals surface area contributed by atoms with E-state index >= 15 is 0 Å². The molecule has 0 amide bonds. The van der Waals surface area contributed by atoms with Gasteiger partial charge < -0.3 is 15.2 Å². The van der Waals surface area contributed by atoms with Crippen LogP contribution in [0.15, 0.2) is 6.20 Å². The van der Waals surface area contributed by atoms with Gasteiger partial charge in [0.15, 0.2) is 5.75 Å². The highest BCUT2D eigenvalue weighted by Gasteiger charge is 2.33. The van der Waals surface area contributed by atoms with E-state index in [1.165, 1.54) is 0 Å². The third-order valence-corrected chi connectivity index (χ3v) is 3.47. The Kier molecular flexibility index (Phi) is 5.99. The normalized spacial score (nSPS) is 11.3. The van der Waals surface area contributed by atoms with Gasteiger partial charge in [-0.05, 0) is 29.5 Å². The van der Waals surface area contributed by atoms with Crippen LogP contribution in [-0.2, 0) is 22.5 Å². The zero-order valence-corrected chi connectivity index (χ0v) is 12.6.